The Balaban J connectivity index is 2.88. The van der Waals surface area contributed by atoms with Crippen LogP contribution in [-0.4, -0.2) is 20.9 Å². The van der Waals surface area contributed by atoms with Crippen molar-refractivity contribution >= 4 is 11.9 Å². The molecule has 0 bridgehead atoms. The molecule has 0 fully saturated rings. The van der Waals surface area contributed by atoms with E-state index in [0.29, 0.717) is 11.2 Å². The molecular formula is C7H4N3O. The quantitative estimate of drug-likeness (QED) is 0.576. The van der Waals surface area contributed by atoms with Gasteiger partial charge >= 0.3 is 0 Å². The highest BCUT2D eigenvalue weighted by Gasteiger charge is 2.00. The molecule has 0 unspecified atom stereocenters. The van der Waals surface area contributed by atoms with E-state index in [-0.39, 0.29) is 0 Å². The summed E-state index contributed by atoms with van der Waals surface area (Å²) in [6, 6.07) is 3.37. The third kappa shape index (κ3) is 0.797. The first kappa shape index (κ1) is 6.03. The number of hydrogen-bond acceptors (Lipinski definition) is 3. The fourth-order valence-corrected chi connectivity index (χ4v) is 0.927. The van der Waals surface area contributed by atoms with E-state index >= 15 is 0 Å². The van der Waals surface area contributed by atoms with Crippen LogP contribution in [0.3, 0.4) is 0 Å². The van der Waals surface area contributed by atoms with Crippen LogP contribution in [0.25, 0.3) is 5.65 Å². The molecule has 11 heavy (non-hydrogen) atoms. The number of pyridine rings is 1. The number of fused-ring (bicyclic) bond motifs is 1. The Bertz CT molecular complexity index is 393. The van der Waals surface area contributed by atoms with Crippen molar-refractivity contribution in [3.63, 3.8) is 0 Å². The minimum absolute atomic E-state index is 0.435. The van der Waals surface area contributed by atoms with Crippen LogP contribution in [0.15, 0.2) is 24.7 Å². The molecule has 53 valence electrons. The van der Waals surface area contributed by atoms with Gasteiger partial charge in [0.15, 0.2) is 5.65 Å². The first-order chi connectivity index (χ1) is 5.42. The zero-order valence-corrected chi connectivity index (χ0v) is 5.56. The van der Waals surface area contributed by atoms with Gasteiger partial charge in [0.25, 0.3) is 0 Å². The Kier molecular flexibility index (Phi) is 1.18. The summed E-state index contributed by atoms with van der Waals surface area (Å²) >= 11 is 0. The lowest BCUT2D eigenvalue weighted by molar-refractivity contribution is 0.563. The second-order valence-corrected chi connectivity index (χ2v) is 2.05. The Morgan fingerprint density at radius 2 is 2.45 bits per heavy atom. The van der Waals surface area contributed by atoms with Gasteiger partial charge < -0.3 is 0 Å². The average molecular weight is 146 g/mol. The molecule has 2 aromatic rings. The fourth-order valence-electron chi connectivity index (χ4n) is 0.927. The highest BCUT2D eigenvalue weighted by atomic mass is 16.1. The van der Waals surface area contributed by atoms with Crippen LogP contribution in [0.2, 0.25) is 0 Å². The molecule has 0 amide bonds. The molecule has 0 aliphatic heterocycles. The predicted molar refractivity (Wildman–Crippen MR) is 37.8 cm³/mol. The minimum Gasteiger partial charge on any atom is -0.285 e. The van der Waals surface area contributed by atoms with Gasteiger partial charge in [-0.1, -0.05) is 0 Å². The minimum atomic E-state index is 0.435. The van der Waals surface area contributed by atoms with Crippen LogP contribution >= 0.6 is 0 Å². The number of rotatable bonds is 1. The lowest BCUT2D eigenvalue weighted by Crippen LogP contribution is -1.90. The van der Waals surface area contributed by atoms with E-state index < -0.39 is 0 Å². The Hall–Kier alpha value is -1.71. The summed E-state index contributed by atoms with van der Waals surface area (Å²) in [6.07, 6.45) is 4.91. The van der Waals surface area contributed by atoms with E-state index in [1.54, 1.807) is 24.6 Å². The van der Waals surface area contributed by atoms with Gasteiger partial charge in [0.05, 0.1) is 5.56 Å². The van der Waals surface area contributed by atoms with Crippen molar-refractivity contribution in [3.8, 4) is 0 Å². The number of carbonyl (C=O) groups excluding carboxylic acids is 1. The van der Waals surface area contributed by atoms with Crippen LogP contribution in [-0.2, 0) is 4.79 Å². The lowest BCUT2D eigenvalue weighted by Gasteiger charge is -1.90. The van der Waals surface area contributed by atoms with Crippen molar-refractivity contribution in [2.24, 2.45) is 0 Å². The predicted octanol–water partition coefficient (Wildman–Crippen LogP) is 0.187. The maximum atomic E-state index is 10.3. The number of hydrogen-bond donors (Lipinski definition) is 0. The van der Waals surface area contributed by atoms with Crippen LogP contribution < -0.4 is 0 Å². The fraction of sp³-hybridized carbons (Fsp3) is 0. The summed E-state index contributed by atoms with van der Waals surface area (Å²) in [5.41, 5.74) is 0.979. The van der Waals surface area contributed by atoms with Crippen molar-refractivity contribution in [2.75, 3.05) is 0 Å². The van der Waals surface area contributed by atoms with E-state index in [2.05, 4.69) is 10.1 Å². The molecule has 0 spiro atoms. The van der Waals surface area contributed by atoms with Crippen LogP contribution in [0.1, 0.15) is 5.56 Å². The second-order valence-electron chi connectivity index (χ2n) is 2.05. The maximum Gasteiger partial charge on any atom is 0.237 e. The Morgan fingerprint density at radius 3 is 3.27 bits per heavy atom. The Labute approximate surface area is 62.5 Å². The zero-order valence-electron chi connectivity index (χ0n) is 5.56. The van der Waals surface area contributed by atoms with Crippen LogP contribution in [0, 0.1) is 0 Å². The van der Waals surface area contributed by atoms with E-state index in [9.17, 15) is 4.79 Å². The molecule has 2 aromatic heterocycles. The average Bonchev–Trinajstić information content (AvgIpc) is 2.50. The number of nitrogens with zero attached hydrogens (tertiary/aromatic N) is 3. The normalized spacial score (nSPS) is 10.2. The largest absolute Gasteiger partial charge is 0.285 e. The standard InChI is InChI=1S/C7H4N3O/c11-4-6-2-1-3-10-7(6)8-5-9-10/h1-3,5H. The summed E-state index contributed by atoms with van der Waals surface area (Å²) in [5.74, 6) is 0. The molecular weight excluding hydrogens is 142 g/mol. The van der Waals surface area contributed by atoms with Gasteiger partial charge in [-0.15, -0.1) is 0 Å². The van der Waals surface area contributed by atoms with Crippen molar-refractivity contribution in [2.45, 2.75) is 0 Å². The maximum absolute atomic E-state index is 10.3. The molecule has 0 saturated heterocycles. The van der Waals surface area contributed by atoms with E-state index in [0.717, 1.165) is 0 Å². The molecule has 0 aliphatic carbocycles. The third-order valence-corrected chi connectivity index (χ3v) is 1.41. The molecule has 0 aliphatic rings. The van der Waals surface area contributed by atoms with Gasteiger partial charge in [-0.2, -0.15) is 5.10 Å². The smallest absolute Gasteiger partial charge is 0.237 e. The van der Waals surface area contributed by atoms with Crippen LogP contribution in [0.4, 0.5) is 0 Å². The third-order valence-electron chi connectivity index (χ3n) is 1.41. The molecule has 2 heterocycles. The summed E-state index contributed by atoms with van der Waals surface area (Å²) in [6.45, 7) is 0. The monoisotopic (exact) mass is 146 g/mol. The van der Waals surface area contributed by atoms with Gasteiger partial charge in [0, 0.05) is 6.20 Å². The van der Waals surface area contributed by atoms with Gasteiger partial charge in [-0.3, -0.25) is 4.79 Å². The van der Waals surface area contributed by atoms with Crippen molar-refractivity contribution < 1.29 is 4.79 Å². The van der Waals surface area contributed by atoms with Crippen LogP contribution in [0.5, 0.6) is 0 Å². The summed E-state index contributed by atoms with van der Waals surface area (Å²) in [7, 11) is 0. The first-order valence-corrected chi connectivity index (χ1v) is 3.08. The van der Waals surface area contributed by atoms with Gasteiger partial charge in [0.1, 0.15) is 6.33 Å². The summed E-state index contributed by atoms with van der Waals surface area (Å²) in [5, 5.41) is 3.85. The highest BCUT2D eigenvalue weighted by molar-refractivity contribution is 5.83. The van der Waals surface area contributed by atoms with E-state index in [1.807, 2.05) is 0 Å². The highest BCUT2D eigenvalue weighted by Crippen LogP contribution is 2.02. The molecule has 0 aromatic carbocycles. The lowest BCUT2D eigenvalue weighted by atomic mass is 10.3. The van der Waals surface area contributed by atoms with Crippen molar-refractivity contribution in [1.82, 2.24) is 14.6 Å². The SMILES string of the molecule is O=[C]c1cccn2ncnc12. The van der Waals surface area contributed by atoms with Gasteiger partial charge in [-0.05, 0) is 12.1 Å². The van der Waals surface area contributed by atoms with Crippen molar-refractivity contribution in [1.29, 1.82) is 0 Å². The molecule has 0 N–H and O–H groups in total. The molecule has 1 radical (unpaired) electrons. The second kappa shape index (κ2) is 2.16. The molecule has 0 saturated carbocycles. The number of aromatic nitrogens is 3. The van der Waals surface area contributed by atoms with E-state index in [4.69, 9.17) is 0 Å². The summed E-state index contributed by atoms with van der Waals surface area (Å²) < 4.78 is 1.53. The molecule has 0 atom stereocenters. The zero-order chi connectivity index (χ0) is 7.68. The summed E-state index contributed by atoms with van der Waals surface area (Å²) in [4.78, 5) is 14.2. The van der Waals surface area contributed by atoms with Gasteiger partial charge in [0.2, 0.25) is 6.29 Å². The Morgan fingerprint density at radius 1 is 1.55 bits per heavy atom. The molecule has 4 heteroatoms. The topological polar surface area (TPSA) is 47.3 Å². The first-order valence-electron chi connectivity index (χ1n) is 3.08. The molecule has 4 nitrogen and oxygen atoms in total. The van der Waals surface area contributed by atoms with Crippen molar-refractivity contribution in [3.05, 3.63) is 30.2 Å². The molecule has 2 rings (SSSR count). The van der Waals surface area contributed by atoms with E-state index in [1.165, 1.54) is 10.8 Å². The van der Waals surface area contributed by atoms with Gasteiger partial charge in [-0.25, -0.2) is 9.50 Å².